The van der Waals surface area contributed by atoms with Crippen molar-refractivity contribution in [2.75, 3.05) is 18.9 Å². The van der Waals surface area contributed by atoms with Crippen LogP contribution in [0.1, 0.15) is 32.6 Å². The van der Waals surface area contributed by atoms with Gasteiger partial charge in [-0.2, -0.15) is 0 Å². The Balaban J connectivity index is 1.62. The van der Waals surface area contributed by atoms with Gasteiger partial charge in [-0.15, -0.1) is 0 Å². The van der Waals surface area contributed by atoms with Gasteiger partial charge in [-0.1, -0.05) is 6.92 Å². The molecule has 1 aliphatic rings. The second kappa shape index (κ2) is 7.50. The maximum atomic E-state index is 9.87. The molecule has 0 aliphatic heterocycles. The highest BCUT2D eigenvalue weighted by atomic mass is 16.5. The number of nitrogens with two attached hydrogens (primary N) is 1. The molecule has 1 atom stereocenters. The first-order chi connectivity index (χ1) is 9.63. The topological polar surface area (TPSA) is 64.7 Å². The van der Waals surface area contributed by atoms with Crippen molar-refractivity contribution in [2.45, 2.75) is 44.8 Å². The van der Waals surface area contributed by atoms with Crippen LogP contribution in [0.4, 0.5) is 5.69 Å². The molecule has 1 saturated carbocycles. The zero-order valence-corrected chi connectivity index (χ0v) is 12.1. The Morgan fingerprint density at radius 3 is 2.45 bits per heavy atom. The molecule has 20 heavy (non-hydrogen) atoms. The van der Waals surface area contributed by atoms with E-state index in [4.69, 9.17) is 15.2 Å². The van der Waals surface area contributed by atoms with Gasteiger partial charge in [-0.05, 0) is 55.9 Å². The van der Waals surface area contributed by atoms with E-state index >= 15 is 0 Å². The summed E-state index contributed by atoms with van der Waals surface area (Å²) >= 11 is 0. The largest absolute Gasteiger partial charge is 0.491 e. The lowest BCUT2D eigenvalue weighted by atomic mass is 9.89. The normalized spacial score (nSPS) is 24.3. The summed E-state index contributed by atoms with van der Waals surface area (Å²) in [5.74, 6) is 1.53. The van der Waals surface area contributed by atoms with Crippen molar-refractivity contribution in [2.24, 2.45) is 5.92 Å². The predicted octanol–water partition coefficient (Wildman–Crippen LogP) is 2.60. The molecule has 1 aliphatic carbocycles. The van der Waals surface area contributed by atoms with E-state index in [0.717, 1.165) is 18.8 Å². The molecule has 0 amide bonds. The number of nitrogen functional groups attached to an aromatic ring is 1. The molecule has 4 nitrogen and oxygen atoms in total. The highest BCUT2D eigenvalue weighted by Gasteiger charge is 2.19. The number of aliphatic hydroxyl groups excluding tert-OH is 1. The van der Waals surface area contributed by atoms with Gasteiger partial charge in [0, 0.05) is 5.69 Å². The Labute approximate surface area is 120 Å². The zero-order chi connectivity index (χ0) is 14.4. The Bertz CT molecular complexity index is 385. The van der Waals surface area contributed by atoms with E-state index in [1.165, 1.54) is 12.8 Å². The van der Waals surface area contributed by atoms with Crippen LogP contribution in [0.3, 0.4) is 0 Å². The average molecular weight is 279 g/mol. The number of hydrogen-bond donors (Lipinski definition) is 2. The summed E-state index contributed by atoms with van der Waals surface area (Å²) < 4.78 is 11.2. The summed E-state index contributed by atoms with van der Waals surface area (Å²) in [7, 11) is 0. The molecule has 0 spiro atoms. The first-order valence-corrected chi connectivity index (χ1v) is 7.41. The molecule has 1 aromatic rings. The maximum Gasteiger partial charge on any atom is 0.119 e. The van der Waals surface area contributed by atoms with Crippen molar-refractivity contribution >= 4 is 5.69 Å². The highest BCUT2D eigenvalue weighted by molar-refractivity contribution is 5.41. The van der Waals surface area contributed by atoms with E-state index < -0.39 is 6.10 Å². The van der Waals surface area contributed by atoms with Crippen LogP contribution in [0.2, 0.25) is 0 Å². The molecule has 1 unspecified atom stereocenters. The highest BCUT2D eigenvalue weighted by Crippen LogP contribution is 2.25. The van der Waals surface area contributed by atoms with Gasteiger partial charge in [-0.3, -0.25) is 0 Å². The fourth-order valence-electron chi connectivity index (χ4n) is 2.45. The lowest BCUT2D eigenvalue weighted by Gasteiger charge is -2.27. The molecule has 0 heterocycles. The quantitative estimate of drug-likeness (QED) is 0.786. The number of anilines is 1. The van der Waals surface area contributed by atoms with Gasteiger partial charge in [0.2, 0.25) is 0 Å². The molecule has 3 N–H and O–H groups in total. The Hall–Kier alpha value is -1.26. The van der Waals surface area contributed by atoms with E-state index in [1.807, 2.05) is 0 Å². The van der Waals surface area contributed by atoms with Gasteiger partial charge in [0.1, 0.15) is 18.5 Å². The Morgan fingerprint density at radius 2 is 1.80 bits per heavy atom. The molecule has 0 saturated heterocycles. The predicted molar refractivity (Wildman–Crippen MR) is 79.7 cm³/mol. The third-order valence-electron chi connectivity index (χ3n) is 3.81. The van der Waals surface area contributed by atoms with E-state index in [0.29, 0.717) is 24.1 Å². The van der Waals surface area contributed by atoms with Crippen LogP contribution >= 0.6 is 0 Å². The molecule has 1 aromatic carbocycles. The van der Waals surface area contributed by atoms with Crippen molar-refractivity contribution in [1.82, 2.24) is 0 Å². The minimum Gasteiger partial charge on any atom is -0.491 e. The molecule has 1 fully saturated rings. The number of ether oxygens (including phenoxy) is 2. The lowest BCUT2D eigenvalue weighted by molar-refractivity contribution is -0.0402. The van der Waals surface area contributed by atoms with Gasteiger partial charge in [0.15, 0.2) is 0 Å². The summed E-state index contributed by atoms with van der Waals surface area (Å²) in [6, 6.07) is 7.15. The molecule has 112 valence electrons. The SMILES string of the molecule is CC1CCC(OCC(O)COc2ccc(N)cc2)CC1. The fraction of sp³-hybridized carbons (Fsp3) is 0.625. The lowest BCUT2D eigenvalue weighted by Crippen LogP contribution is -2.28. The summed E-state index contributed by atoms with van der Waals surface area (Å²) in [6.07, 6.45) is 4.37. The maximum absolute atomic E-state index is 9.87. The van der Waals surface area contributed by atoms with Crippen molar-refractivity contribution in [3.05, 3.63) is 24.3 Å². The van der Waals surface area contributed by atoms with E-state index in [9.17, 15) is 5.11 Å². The summed E-state index contributed by atoms with van der Waals surface area (Å²) in [5.41, 5.74) is 6.30. The molecular weight excluding hydrogens is 254 g/mol. The van der Waals surface area contributed by atoms with Crippen molar-refractivity contribution < 1.29 is 14.6 Å². The van der Waals surface area contributed by atoms with Gasteiger partial charge in [-0.25, -0.2) is 0 Å². The van der Waals surface area contributed by atoms with Crippen LogP contribution in [0.15, 0.2) is 24.3 Å². The van der Waals surface area contributed by atoms with Crippen LogP contribution in [-0.2, 0) is 4.74 Å². The van der Waals surface area contributed by atoms with Gasteiger partial charge >= 0.3 is 0 Å². The van der Waals surface area contributed by atoms with Gasteiger partial charge < -0.3 is 20.3 Å². The van der Waals surface area contributed by atoms with E-state index in [-0.39, 0.29) is 6.61 Å². The summed E-state index contributed by atoms with van der Waals surface area (Å²) in [5, 5.41) is 9.87. The molecule has 0 aromatic heterocycles. The number of rotatable bonds is 6. The smallest absolute Gasteiger partial charge is 0.119 e. The first kappa shape index (κ1) is 15.1. The van der Waals surface area contributed by atoms with E-state index in [1.54, 1.807) is 24.3 Å². The third-order valence-corrected chi connectivity index (χ3v) is 3.81. The number of hydrogen-bond acceptors (Lipinski definition) is 4. The third kappa shape index (κ3) is 5.02. The minimum atomic E-state index is -0.591. The zero-order valence-electron chi connectivity index (χ0n) is 12.1. The van der Waals surface area contributed by atoms with Crippen molar-refractivity contribution in [3.63, 3.8) is 0 Å². The fourth-order valence-corrected chi connectivity index (χ4v) is 2.45. The monoisotopic (exact) mass is 279 g/mol. The first-order valence-electron chi connectivity index (χ1n) is 7.41. The minimum absolute atomic E-state index is 0.243. The standard InChI is InChI=1S/C16H25NO3/c1-12-2-6-15(7-3-12)19-10-14(18)11-20-16-8-4-13(17)5-9-16/h4-5,8-9,12,14-15,18H,2-3,6-7,10-11,17H2,1H3. The average Bonchev–Trinajstić information content (AvgIpc) is 2.46. The molecule has 0 bridgehead atoms. The number of aliphatic hydroxyl groups is 1. The van der Waals surface area contributed by atoms with Gasteiger partial charge in [0.25, 0.3) is 0 Å². The molecule has 2 rings (SSSR count). The van der Waals surface area contributed by atoms with Gasteiger partial charge in [0.05, 0.1) is 12.7 Å². The second-order valence-corrected chi connectivity index (χ2v) is 5.75. The van der Waals surface area contributed by atoms with Crippen LogP contribution < -0.4 is 10.5 Å². The molecule has 0 radical (unpaired) electrons. The summed E-state index contributed by atoms with van der Waals surface area (Å²) in [6.45, 7) is 2.87. The second-order valence-electron chi connectivity index (χ2n) is 5.75. The number of benzene rings is 1. The van der Waals surface area contributed by atoms with E-state index in [2.05, 4.69) is 6.92 Å². The van der Waals surface area contributed by atoms with Crippen LogP contribution in [-0.4, -0.2) is 30.5 Å². The van der Waals surface area contributed by atoms with Crippen LogP contribution in [0.25, 0.3) is 0 Å². The summed E-state index contributed by atoms with van der Waals surface area (Å²) in [4.78, 5) is 0. The van der Waals surface area contributed by atoms with Crippen LogP contribution in [0.5, 0.6) is 5.75 Å². The van der Waals surface area contributed by atoms with Crippen LogP contribution in [0, 0.1) is 5.92 Å². The molecule has 4 heteroatoms. The van der Waals surface area contributed by atoms with Crippen molar-refractivity contribution in [1.29, 1.82) is 0 Å². The molecular formula is C16H25NO3. The Kier molecular flexibility index (Phi) is 5.68. The van der Waals surface area contributed by atoms with Crippen molar-refractivity contribution in [3.8, 4) is 5.75 Å². The Morgan fingerprint density at radius 1 is 1.15 bits per heavy atom.